The van der Waals surface area contributed by atoms with E-state index in [4.69, 9.17) is 18.6 Å². The number of fused-ring (bicyclic) bond motifs is 1. The number of benzene rings is 2. The summed E-state index contributed by atoms with van der Waals surface area (Å²) in [6, 6.07) is 16.1. The van der Waals surface area contributed by atoms with Gasteiger partial charge in [-0.3, -0.25) is 9.59 Å². The Morgan fingerprint density at radius 1 is 1.13 bits per heavy atom. The van der Waals surface area contributed by atoms with Crippen molar-refractivity contribution in [3.05, 3.63) is 81.9 Å². The molecule has 0 radical (unpaired) electrons. The minimum Gasteiger partial charge on any atom is -0.502 e. The maximum atomic E-state index is 12.5. The summed E-state index contributed by atoms with van der Waals surface area (Å²) in [5, 5.41) is 10.5. The summed E-state index contributed by atoms with van der Waals surface area (Å²) in [6.07, 6.45) is -0.123. The van der Waals surface area contributed by atoms with E-state index >= 15 is 0 Å². The number of hydrogen-bond donors (Lipinski definition) is 1. The van der Waals surface area contributed by atoms with E-state index in [1.54, 1.807) is 18.2 Å². The van der Waals surface area contributed by atoms with E-state index in [1.165, 1.54) is 24.9 Å². The maximum Gasteiger partial charge on any atom is 0.306 e. The Bertz CT molecular complexity index is 1140. The van der Waals surface area contributed by atoms with Crippen LogP contribution in [0.25, 0.3) is 0 Å². The Labute approximate surface area is 182 Å². The van der Waals surface area contributed by atoms with Gasteiger partial charge in [-0.15, -0.1) is 11.8 Å². The smallest absolute Gasteiger partial charge is 0.306 e. The van der Waals surface area contributed by atoms with Crippen LogP contribution in [0.2, 0.25) is 0 Å². The van der Waals surface area contributed by atoms with E-state index in [9.17, 15) is 14.7 Å². The van der Waals surface area contributed by atoms with Crippen molar-refractivity contribution >= 4 is 17.7 Å². The van der Waals surface area contributed by atoms with Gasteiger partial charge in [-0.2, -0.15) is 0 Å². The van der Waals surface area contributed by atoms with Crippen LogP contribution >= 0.6 is 11.8 Å². The molecule has 0 amide bonds. The standard InChI is InChI=1S/C23H20O7S/c1-27-21(25)11-17(14-7-8-19-20(9-14)29-13-28-19)23-22(26)18(24)10-15(30-23)12-31-16-5-3-2-4-6-16/h2-10,17,26H,11-13H2,1H3/t17-/m1/s1. The second-order valence-electron chi connectivity index (χ2n) is 6.84. The molecule has 0 bridgehead atoms. The third kappa shape index (κ3) is 4.69. The lowest BCUT2D eigenvalue weighted by Gasteiger charge is -2.18. The lowest BCUT2D eigenvalue weighted by Crippen LogP contribution is -2.14. The van der Waals surface area contributed by atoms with Gasteiger partial charge >= 0.3 is 5.97 Å². The molecule has 1 aliphatic heterocycles. The third-order valence-electron chi connectivity index (χ3n) is 4.84. The number of rotatable bonds is 7. The van der Waals surface area contributed by atoms with Crippen molar-refractivity contribution in [2.24, 2.45) is 0 Å². The minimum absolute atomic E-state index is 0.0143. The Hall–Kier alpha value is -3.39. The highest BCUT2D eigenvalue weighted by molar-refractivity contribution is 7.98. The molecular formula is C23H20O7S. The van der Waals surface area contributed by atoms with Crippen molar-refractivity contribution in [2.45, 2.75) is 23.0 Å². The average Bonchev–Trinajstić information content (AvgIpc) is 3.26. The van der Waals surface area contributed by atoms with Gasteiger partial charge in [-0.05, 0) is 29.8 Å². The molecule has 2 heterocycles. The van der Waals surface area contributed by atoms with Gasteiger partial charge in [0, 0.05) is 11.0 Å². The van der Waals surface area contributed by atoms with E-state index in [0.717, 1.165) is 4.90 Å². The van der Waals surface area contributed by atoms with Gasteiger partial charge in [0.2, 0.25) is 18.0 Å². The van der Waals surface area contributed by atoms with Crippen LogP contribution in [0.1, 0.15) is 29.4 Å². The molecule has 31 heavy (non-hydrogen) atoms. The number of esters is 1. The summed E-state index contributed by atoms with van der Waals surface area (Å²) in [5.74, 6) is 0.121. The number of thioether (sulfide) groups is 1. The highest BCUT2D eigenvalue weighted by Crippen LogP contribution is 2.39. The summed E-state index contributed by atoms with van der Waals surface area (Å²) in [5.41, 5.74) is 0.0569. The number of ether oxygens (including phenoxy) is 3. The first-order valence-corrected chi connectivity index (χ1v) is 10.5. The van der Waals surface area contributed by atoms with Gasteiger partial charge in [0.1, 0.15) is 5.76 Å². The molecule has 160 valence electrons. The minimum atomic E-state index is -0.740. The average molecular weight is 440 g/mol. The largest absolute Gasteiger partial charge is 0.502 e. The molecule has 1 atom stereocenters. The molecular weight excluding hydrogens is 420 g/mol. The van der Waals surface area contributed by atoms with Crippen LogP contribution in [0, 0.1) is 0 Å². The summed E-state index contributed by atoms with van der Waals surface area (Å²) < 4.78 is 21.5. The number of methoxy groups -OCH3 is 1. The van der Waals surface area contributed by atoms with Gasteiger partial charge in [0.15, 0.2) is 17.3 Å². The lowest BCUT2D eigenvalue weighted by atomic mass is 9.92. The highest BCUT2D eigenvalue weighted by atomic mass is 32.2. The predicted molar refractivity (Wildman–Crippen MR) is 114 cm³/mol. The van der Waals surface area contributed by atoms with Crippen LogP contribution in [0.15, 0.2) is 68.7 Å². The first-order valence-electron chi connectivity index (χ1n) is 9.55. The quantitative estimate of drug-likeness (QED) is 0.434. The van der Waals surface area contributed by atoms with Crippen molar-refractivity contribution in [3.8, 4) is 17.2 Å². The monoisotopic (exact) mass is 440 g/mol. The zero-order valence-electron chi connectivity index (χ0n) is 16.7. The second kappa shape index (κ2) is 9.18. The molecule has 8 heteroatoms. The molecule has 3 aromatic rings. The van der Waals surface area contributed by atoms with E-state index in [0.29, 0.717) is 28.6 Å². The Balaban J connectivity index is 1.70. The fourth-order valence-electron chi connectivity index (χ4n) is 3.28. The fraction of sp³-hybridized carbons (Fsp3) is 0.217. The first kappa shape index (κ1) is 20.9. The fourth-order valence-corrected chi connectivity index (χ4v) is 4.08. The van der Waals surface area contributed by atoms with Crippen LogP contribution in [-0.2, 0) is 15.3 Å². The van der Waals surface area contributed by atoms with Crippen LogP contribution in [-0.4, -0.2) is 25.0 Å². The Morgan fingerprint density at radius 3 is 2.68 bits per heavy atom. The highest BCUT2D eigenvalue weighted by Gasteiger charge is 2.28. The molecule has 0 aliphatic carbocycles. The molecule has 1 aromatic heterocycles. The molecule has 2 aromatic carbocycles. The summed E-state index contributed by atoms with van der Waals surface area (Å²) in [7, 11) is 1.28. The molecule has 0 saturated carbocycles. The van der Waals surface area contributed by atoms with E-state index in [-0.39, 0.29) is 19.0 Å². The summed E-state index contributed by atoms with van der Waals surface area (Å²) in [6.45, 7) is 0.104. The number of carbonyl (C=O) groups is 1. The molecule has 0 saturated heterocycles. The van der Waals surface area contributed by atoms with Gasteiger partial charge in [-0.1, -0.05) is 24.3 Å². The van der Waals surface area contributed by atoms with Crippen molar-refractivity contribution < 1.29 is 28.5 Å². The van der Waals surface area contributed by atoms with Gasteiger partial charge < -0.3 is 23.7 Å². The molecule has 0 spiro atoms. The molecule has 0 fully saturated rings. The molecule has 7 nitrogen and oxygen atoms in total. The van der Waals surface area contributed by atoms with Gasteiger partial charge in [0.05, 0.1) is 25.2 Å². The normalized spacial score (nSPS) is 13.1. The number of carbonyl (C=O) groups excluding carboxylic acids is 1. The lowest BCUT2D eigenvalue weighted by molar-refractivity contribution is -0.140. The summed E-state index contributed by atoms with van der Waals surface area (Å²) >= 11 is 1.50. The van der Waals surface area contributed by atoms with Crippen LogP contribution < -0.4 is 14.9 Å². The van der Waals surface area contributed by atoms with E-state index in [2.05, 4.69) is 0 Å². The van der Waals surface area contributed by atoms with Crippen LogP contribution in [0.3, 0.4) is 0 Å². The van der Waals surface area contributed by atoms with Crippen molar-refractivity contribution in [2.75, 3.05) is 13.9 Å². The zero-order chi connectivity index (χ0) is 21.8. The zero-order valence-corrected chi connectivity index (χ0v) is 17.5. The van der Waals surface area contributed by atoms with Crippen molar-refractivity contribution in [1.29, 1.82) is 0 Å². The summed E-state index contributed by atoms with van der Waals surface area (Å²) in [4.78, 5) is 25.6. The third-order valence-corrected chi connectivity index (χ3v) is 5.87. The first-order chi connectivity index (χ1) is 15.0. The maximum absolute atomic E-state index is 12.5. The number of aromatic hydroxyl groups is 1. The van der Waals surface area contributed by atoms with Crippen molar-refractivity contribution in [3.63, 3.8) is 0 Å². The molecule has 1 aliphatic rings. The van der Waals surface area contributed by atoms with Crippen LogP contribution in [0.5, 0.6) is 17.2 Å². The van der Waals surface area contributed by atoms with E-state index < -0.39 is 23.1 Å². The molecule has 1 N–H and O–H groups in total. The number of hydrogen-bond acceptors (Lipinski definition) is 8. The molecule has 4 rings (SSSR count). The molecule has 0 unspecified atom stereocenters. The topological polar surface area (TPSA) is 95.2 Å². The van der Waals surface area contributed by atoms with Gasteiger partial charge in [-0.25, -0.2) is 0 Å². The van der Waals surface area contributed by atoms with Gasteiger partial charge in [0.25, 0.3) is 0 Å². The van der Waals surface area contributed by atoms with E-state index in [1.807, 2.05) is 30.3 Å². The predicted octanol–water partition coefficient (Wildman–Crippen LogP) is 4.06. The Kier molecular flexibility index (Phi) is 6.18. The second-order valence-corrected chi connectivity index (χ2v) is 7.89. The van der Waals surface area contributed by atoms with Crippen molar-refractivity contribution in [1.82, 2.24) is 0 Å². The Morgan fingerprint density at radius 2 is 1.90 bits per heavy atom. The van der Waals surface area contributed by atoms with Crippen LogP contribution in [0.4, 0.5) is 0 Å². The SMILES string of the molecule is COC(=O)C[C@H](c1ccc2c(c1)OCO2)c1oc(CSc2ccccc2)cc(=O)c1O.